The van der Waals surface area contributed by atoms with E-state index in [1.165, 1.54) is 5.56 Å². The van der Waals surface area contributed by atoms with Crippen molar-refractivity contribution in [2.45, 2.75) is 25.4 Å². The van der Waals surface area contributed by atoms with E-state index in [1.54, 1.807) is 6.07 Å². The van der Waals surface area contributed by atoms with Crippen molar-refractivity contribution < 1.29 is 14.3 Å². The molecule has 1 fully saturated rings. The number of carbonyl (C=O) groups is 1. The zero-order valence-corrected chi connectivity index (χ0v) is 18.1. The minimum atomic E-state index is -0.215. The van der Waals surface area contributed by atoms with E-state index in [0.717, 1.165) is 23.6 Å². The lowest BCUT2D eigenvalue weighted by atomic mass is 10.1. The van der Waals surface area contributed by atoms with Crippen molar-refractivity contribution >= 4 is 17.5 Å². The second kappa shape index (κ2) is 10.5. The fourth-order valence-corrected chi connectivity index (χ4v) is 3.80. The molecule has 2 aromatic carbocycles. The normalized spacial score (nSPS) is 16.3. The fourth-order valence-electron chi connectivity index (χ4n) is 3.62. The first-order valence-corrected chi connectivity index (χ1v) is 10.9. The number of carbonyl (C=O) groups excluding carboxylic acids is 1. The van der Waals surface area contributed by atoms with E-state index in [0.29, 0.717) is 44.2 Å². The summed E-state index contributed by atoms with van der Waals surface area (Å²) in [5, 5.41) is 8.11. The highest BCUT2D eigenvalue weighted by Crippen LogP contribution is 2.22. The third-order valence-corrected chi connectivity index (χ3v) is 5.54. The van der Waals surface area contributed by atoms with Crippen LogP contribution in [0.2, 0.25) is 5.02 Å². The molecular weight excluding hydrogens is 414 g/mol. The highest BCUT2D eigenvalue weighted by Gasteiger charge is 2.26. The molecule has 162 valence electrons. The van der Waals surface area contributed by atoms with E-state index in [-0.39, 0.29) is 12.0 Å². The Labute approximate surface area is 187 Å². The van der Waals surface area contributed by atoms with Gasteiger partial charge < -0.3 is 14.4 Å². The number of hydrogen-bond donors (Lipinski definition) is 1. The average Bonchev–Trinajstić information content (AvgIpc) is 3.27. The number of halogens is 1. The molecule has 3 aromatic rings. The lowest BCUT2D eigenvalue weighted by Crippen LogP contribution is -2.42. The summed E-state index contributed by atoms with van der Waals surface area (Å²) in [4.78, 5) is 14.6. The third-order valence-electron chi connectivity index (χ3n) is 5.31. The smallest absolute Gasteiger partial charge is 0.223 e. The monoisotopic (exact) mass is 439 g/mol. The van der Waals surface area contributed by atoms with Gasteiger partial charge in [-0.05, 0) is 36.2 Å². The standard InChI is InChI=1S/C24H26ClN3O3/c25-19-7-4-8-21(15-19)30-13-11-20-16-22(27-26-20)23-17-28(12-14-31-23)24(29)10-9-18-5-2-1-3-6-18/h1-8,15-16,23H,9-14,17H2,(H,26,27)/t23-/m0/s1. The molecule has 0 unspecified atom stereocenters. The van der Waals surface area contributed by atoms with Crippen LogP contribution in [0.25, 0.3) is 0 Å². The van der Waals surface area contributed by atoms with E-state index in [4.69, 9.17) is 21.1 Å². The quantitative estimate of drug-likeness (QED) is 0.570. The van der Waals surface area contributed by atoms with Crippen LogP contribution in [0, 0.1) is 0 Å². The van der Waals surface area contributed by atoms with Crippen LogP contribution in [0.4, 0.5) is 0 Å². The minimum absolute atomic E-state index is 0.155. The van der Waals surface area contributed by atoms with Gasteiger partial charge >= 0.3 is 0 Å². The number of ether oxygens (including phenoxy) is 2. The van der Waals surface area contributed by atoms with Gasteiger partial charge in [0, 0.05) is 30.1 Å². The first-order chi connectivity index (χ1) is 15.2. The Hall–Kier alpha value is -2.83. The second-order valence-corrected chi connectivity index (χ2v) is 8.00. The van der Waals surface area contributed by atoms with Crippen LogP contribution in [0.1, 0.15) is 29.5 Å². The zero-order chi connectivity index (χ0) is 21.5. The van der Waals surface area contributed by atoms with Crippen LogP contribution in [0.3, 0.4) is 0 Å². The van der Waals surface area contributed by atoms with Crippen molar-refractivity contribution in [2.24, 2.45) is 0 Å². The Balaban J connectivity index is 1.26. The van der Waals surface area contributed by atoms with Gasteiger partial charge in [0.15, 0.2) is 0 Å². The van der Waals surface area contributed by atoms with E-state index in [2.05, 4.69) is 22.3 Å². The van der Waals surface area contributed by atoms with Gasteiger partial charge in [-0.2, -0.15) is 5.10 Å². The molecule has 1 aliphatic heterocycles. The summed E-state index contributed by atoms with van der Waals surface area (Å²) in [6, 6.07) is 19.4. The largest absolute Gasteiger partial charge is 0.493 e. The van der Waals surface area contributed by atoms with Crippen LogP contribution in [0.15, 0.2) is 60.7 Å². The lowest BCUT2D eigenvalue weighted by Gasteiger charge is -2.32. The Morgan fingerprint density at radius 3 is 2.87 bits per heavy atom. The maximum atomic E-state index is 12.7. The summed E-state index contributed by atoms with van der Waals surface area (Å²) in [5.74, 6) is 0.898. The van der Waals surface area contributed by atoms with Crippen LogP contribution in [-0.4, -0.2) is 47.3 Å². The predicted octanol–water partition coefficient (Wildman–Crippen LogP) is 4.22. The van der Waals surface area contributed by atoms with E-state index >= 15 is 0 Å². The molecule has 1 amide bonds. The molecule has 31 heavy (non-hydrogen) atoms. The number of rotatable bonds is 8. The number of amides is 1. The molecule has 1 atom stereocenters. The van der Waals surface area contributed by atoms with E-state index in [1.807, 2.05) is 47.4 Å². The number of aromatic nitrogens is 2. The molecule has 6 nitrogen and oxygen atoms in total. The molecule has 1 N–H and O–H groups in total. The van der Waals surface area contributed by atoms with Crippen molar-refractivity contribution in [1.82, 2.24) is 15.1 Å². The van der Waals surface area contributed by atoms with E-state index in [9.17, 15) is 4.79 Å². The van der Waals surface area contributed by atoms with Gasteiger partial charge in [0.2, 0.25) is 5.91 Å². The molecule has 4 rings (SSSR count). The first kappa shape index (κ1) is 21.4. The Morgan fingerprint density at radius 1 is 1.16 bits per heavy atom. The van der Waals surface area contributed by atoms with Crippen molar-refractivity contribution in [3.05, 3.63) is 82.6 Å². The number of benzene rings is 2. The molecule has 1 aliphatic rings. The average molecular weight is 440 g/mol. The Morgan fingerprint density at radius 2 is 2.03 bits per heavy atom. The number of aromatic amines is 1. The van der Waals surface area contributed by atoms with Crippen molar-refractivity contribution in [3.8, 4) is 5.75 Å². The van der Waals surface area contributed by atoms with Gasteiger partial charge in [0.05, 0.1) is 25.5 Å². The molecule has 0 spiro atoms. The van der Waals surface area contributed by atoms with Crippen molar-refractivity contribution in [3.63, 3.8) is 0 Å². The topological polar surface area (TPSA) is 67.5 Å². The third kappa shape index (κ3) is 6.09. The van der Waals surface area contributed by atoms with Crippen molar-refractivity contribution in [1.29, 1.82) is 0 Å². The van der Waals surface area contributed by atoms with Gasteiger partial charge in [0.1, 0.15) is 11.9 Å². The molecule has 0 aliphatic carbocycles. The molecular formula is C24H26ClN3O3. The maximum absolute atomic E-state index is 12.7. The van der Waals surface area contributed by atoms with Crippen LogP contribution >= 0.6 is 11.6 Å². The van der Waals surface area contributed by atoms with Crippen LogP contribution in [0.5, 0.6) is 5.75 Å². The number of hydrogen-bond acceptors (Lipinski definition) is 4. The molecule has 0 radical (unpaired) electrons. The zero-order valence-electron chi connectivity index (χ0n) is 17.3. The number of morpholine rings is 1. The predicted molar refractivity (Wildman–Crippen MR) is 119 cm³/mol. The summed E-state index contributed by atoms with van der Waals surface area (Å²) in [5.41, 5.74) is 2.96. The SMILES string of the molecule is O=C(CCc1ccccc1)N1CCO[C@H](c2cc(CCOc3cccc(Cl)c3)[nH]n2)C1. The number of aryl methyl sites for hydroxylation is 1. The number of nitrogens with one attached hydrogen (secondary N) is 1. The molecule has 2 heterocycles. The molecule has 1 aromatic heterocycles. The van der Waals surface area contributed by atoms with Gasteiger partial charge in [-0.1, -0.05) is 48.0 Å². The van der Waals surface area contributed by atoms with Gasteiger partial charge in [-0.25, -0.2) is 0 Å². The highest BCUT2D eigenvalue weighted by molar-refractivity contribution is 6.30. The van der Waals surface area contributed by atoms with Crippen molar-refractivity contribution in [2.75, 3.05) is 26.3 Å². The second-order valence-electron chi connectivity index (χ2n) is 7.56. The van der Waals surface area contributed by atoms with Gasteiger partial charge in [0.25, 0.3) is 0 Å². The molecule has 1 saturated heterocycles. The van der Waals surface area contributed by atoms with Crippen LogP contribution in [-0.2, 0) is 22.4 Å². The summed E-state index contributed by atoms with van der Waals surface area (Å²) in [6.45, 7) is 2.17. The molecule has 7 heteroatoms. The summed E-state index contributed by atoms with van der Waals surface area (Å²) in [7, 11) is 0. The Bertz CT molecular complexity index is 992. The maximum Gasteiger partial charge on any atom is 0.223 e. The summed E-state index contributed by atoms with van der Waals surface area (Å²) < 4.78 is 11.6. The lowest BCUT2D eigenvalue weighted by molar-refractivity contribution is -0.139. The van der Waals surface area contributed by atoms with Gasteiger partial charge in [-0.15, -0.1) is 0 Å². The van der Waals surface area contributed by atoms with E-state index < -0.39 is 0 Å². The summed E-state index contributed by atoms with van der Waals surface area (Å²) in [6.07, 6.45) is 1.73. The minimum Gasteiger partial charge on any atom is -0.493 e. The van der Waals surface area contributed by atoms with Crippen LogP contribution < -0.4 is 4.74 Å². The first-order valence-electron chi connectivity index (χ1n) is 10.5. The summed E-state index contributed by atoms with van der Waals surface area (Å²) >= 11 is 5.98. The highest BCUT2D eigenvalue weighted by atomic mass is 35.5. The number of H-pyrrole nitrogens is 1. The molecule has 0 bridgehead atoms. The fraction of sp³-hybridized carbons (Fsp3) is 0.333. The molecule has 0 saturated carbocycles. The Kier molecular flexibility index (Phi) is 7.22. The van der Waals surface area contributed by atoms with Gasteiger partial charge in [-0.3, -0.25) is 9.89 Å². The number of nitrogens with zero attached hydrogens (tertiary/aromatic N) is 2.